The molecule has 6 heterocycles. The molecule has 2 amide bonds. The predicted octanol–water partition coefficient (Wildman–Crippen LogP) is 9.76. The summed E-state index contributed by atoms with van der Waals surface area (Å²) >= 11 is 13.3. The molecule has 54 heavy (non-hydrogen) atoms. The summed E-state index contributed by atoms with van der Waals surface area (Å²) in [6, 6.07) is 26.0. The number of cyclic esters (lactones) is 1. The quantitative estimate of drug-likeness (QED) is 0.179. The molecule has 2 fully saturated rings. The molecule has 0 spiro atoms. The fourth-order valence-corrected chi connectivity index (χ4v) is 9.12. The lowest BCUT2D eigenvalue weighted by atomic mass is 9.82. The number of aromatic nitrogens is 2. The van der Waals surface area contributed by atoms with E-state index >= 15 is 0 Å². The number of carbonyl (C=O) groups is 2. The lowest BCUT2D eigenvalue weighted by molar-refractivity contribution is 0.0499. The second kappa shape index (κ2) is 14.2. The largest absolute Gasteiger partial charge is 0.449 e. The normalized spacial score (nSPS) is 20.2. The van der Waals surface area contributed by atoms with Gasteiger partial charge in [-0.2, -0.15) is 0 Å². The van der Waals surface area contributed by atoms with Crippen molar-refractivity contribution in [1.29, 1.82) is 0 Å². The number of carbonyl (C=O) groups excluding carboxylic acids is 2. The highest BCUT2D eigenvalue weighted by Gasteiger charge is 2.40. The van der Waals surface area contributed by atoms with Crippen LogP contribution in [0.15, 0.2) is 97.3 Å². The Morgan fingerprint density at radius 2 is 1.76 bits per heavy atom. The van der Waals surface area contributed by atoms with Gasteiger partial charge in [0.05, 0.1) is 24.0 Å². The van der Waals surface area contributed by atoms with Gasteiger partial charge in [0, 0.05) is 64.6 Å². The van der Waals surface area contributed by atoms with E-state index in [4.69, 9.17) is 32.9 Å². The van der Waals surface area contributed by atoms with Gasteiger partial charge in [-0.25, -0.2) is 9.78 Å². The smallest absolute Gasteiger partial charge is 0.410 e. The molecule has 0 saturated carbocycles. The molecule has 0 bridgehead atoms. The van der Waals surface area contributed by atoms with Crippen molar-refractivity contribution >= 4 is 68.9 Å². The molecule has 2 N–H and O–H groups in total. The molecule has 11 heteroatoms. The third kappa shape index (κ3) is 6.09. The summed E-state index contributed by atoms with van der Waals surface area (Å²) in [7, 11) is 0. The van der Waals surface area contributed by atoms with Crippen LogP contribution in [0.2, 0.25) is 10.0 Å². The Morgan fingerprint density at radius 3 is 2.54 bits per heavy atom. The number of pyridine rings is 1. The molecular weight excluding hydrogens is 719 g/mol. The summed E-state index contributed by atoms with van der Waals surface area (Å²) in [4.78, 5) is 42.0. The van der Waals surface area contributed by atoms with Crippen LogP contribution in [0, 0.1) is 5.92 Å². The molecule has 4 aliphatic heterocycles. The van der Waals surface area contributed by atoms with Gasteiger partial charge in [0.2, 0.25) is 0 Å². The maximum absolute atomic E-state index is 14.8. The number of ether oxygens (including phenoxy) is 1. The molecule has 2 saturated heterocycles. The number of hydrogen-bond donors (Lipinski definition) is 2. The summed E-state index contributed by atoms with van der Waals surface area (Å²) in [6.45, 7) is 4.86. The average molecular weight is 760 g/mol. The first kappa shape index (κ1) is 34.5. The van der Waals surface area contributed by atoms with E-state index in [2.05, 4.69) is 75.7 Å². The average Bonchev–Trinajstić information content (AvgIpc) is 3.48. The van der Waals surface area contributed by atoms with Gasteiger partial charge in [-0.1, -0.05) is 78.7 Å². The van der Waals surface area contributed by atoms with Crippen molar-refractivity contribution in [3.05, 3.63) is 135 Å². The van der Waals surface area contributed by atoms with Crippen LogP contribution >= 0.6 is 23.2 Å². The zero-order valence-electron chi connectivity index (χ0n) is 29.9. The molecular formula is C43H40Cl2N6O3. The van der Waals surface area contributed by atoms with Crippen molar-refractivity contribution in [2.75, 3.05) is 36.5 Å². The Labute approximate surface area is 324 Å². The molecule has 2 aromatic heterocycles. The van der Waals surface area contributed by atoms with Gasteiger partial charge >= 0.3 is 6.09 Å². The monoisotopic (exact) mass is 758 g/mol. The van der Waals surface area contributed by atoms with Gasteiger partial charge in [-0.15, -0.1) is 0 Å². The SMILES string of the molecule is CC1CC=CN2C(=C1c1ccccc1)c1c(C(=O)Nc3cccnc3N3CCC(N4CCCOC4=O)CC3)[nH]c3cc(Cl)cc(c13)C2c1ccc(Cl)cc1. The van der Waals surface area contributed by atoms with Gasteiger partial charge in [0.1, 0.15) is 5.69 Å². The van der Waals surface area contributed by atoms with Crippen LogP contribution in [0.5, 0.6) is 0 Å². The zero-order chi connectivity index (χ0) is 36.9. The number of allylic oxidation sites excluding steroid dienone is 2. The predicted molar refractivity (Wildman–Crippen MR) is 215 cm³/mol. The van der Waals surface area contributed by atoms with Gasteiger partial charge in [0.15, 0.2) is 5.82 Å². The first-order valence-corrected chi connectivity index (χ1v) is 19.4. The molecule has 9 nitrogen and oxygen atoms in total. The molecule has 0 aliphatic carbocycles. The summed E-state index contributed by atoms with van der Waals surface area (Å²) in [6.07, 6.45) is 9.19. The molecule has 2 unspecified atom stereocenters. The van der Waals surface area contributed by atoms with Gasteiger partial charge in [-0.05, 0) is 90.3 Å². The fraction of sp³-hybridized carbons (Fsp3) is 0.279. The van der Waals surface area contributed by atoms with Crippen molar-refractivity contribution < 1.29 is 14.3 Å². The summed E-state index contributed by atoms with van der Waals surface area (Å²) in [5, 5.41) is 5.47. The number of rotatable bonds is 6. The Kier molecular flexibility index (Phi) is 9.07. The number of fused-ring (bicyclic) bond motifs is 2. The molecule has 5 aromatic rings. The maximum Gasteiger partial charge on any atom is 0.410 e. The van der Waals surface area contributed by atoms with Crippen LogP contribution in [0.25, 0.3) is 22.2 Å². The number of aromatic amines is 1. The van der Waals surface area contributed by atoms with Crippen LogP contribution < -0.4 is 10.2 Å². The number of nitrogens with zero attached hydrogens (tertiary/aromatic N) is 4. The van der Waals surface area contributed by atoms with E-state index in [0.717, 1.165) is 76.7 Å². The van der Waals surface area contributed by atoms with E-state index in [9.17, 15) is 9.59 Å². The van der Waals surface area contributed by atoms with Crippen molar-refractivity contribution in [2.45, 2.75) is 44.7 Å². The standard InChI is InChI=1S/C43H40Cl2N6O3/c1-26-8-6-19-51-39(28-12-14-29(44)15-13-28)32-24-30(45)25-34-36(32)37(40(51)35(26)27-9-3-2-4-10-27)38(47-34)42(52)48-33-11-5-18-46-41(33)49-21-16-31(17-22-49)50-20-7-23-54-43(50)53/h2-6,9-15,18-19,24-26,31,39,47H,7-8,16-17,20-23H2,1H3,(H,48,52). The summed E-state index contributed by atoms with van der Waals surface area (Å²) in [5.74, 6) is 0.594. The van der Waals surface area contributed by atoms with Gasteiger partial charge in [0.25, 0.3) is 5.91 Å². The Hall–Kier alpha value is -5.25. The Bertz CT molecular complexity index is 2310. The second-order valence-corrected chi connectivity index (χ2v) is 15.4. The van der Waals surface area contributed by atoms with E-state index in [0.29, 0.717) is 46.9 Å². The molecule has 2 atom stereocenters. The number of piperidine rings is 1. The zero-order valence-corrected chi connectivity index (χ0v) is 31.4. The number of nitrogens with one attached hydrogen (secondary N) is 2. The third-order valence-electron chi connectivity index (χ3n) is 11.2. The minimum Gasteiger partial charge on any atom is -0.449 e. The highest BCUT2D eigenvalue weighted by atomic mass is 35.5. The van der Waals surface area contributed by atoms with E-state index < -0.39 is 0 Å². The molecule has 3 aromatic carbocycles. The van der Waals surface area contributed by atoms with Crippen LogP contribution in [0.4, 0.5) is 16.3 Å². The number of anilines is 2. The van der Waals surface area contributed by atoms with Crippen molar-refractivity contribution in [3.63, 3.8) is 0 Å². The number of hydrogen-bond acceptors (Lipinski definition) is 6. The number of amides is 2. The van der Waals surface area contributed by atoms with Crippen molar-refractivity contribution in [1.82, 2.24) is 19.8 Å². The lowest BCUT2D eigenvalue weighted by Crippen LogP contribution is -2.50. The molecule has 4 aliphatic rings. The Balaban J connectivity index is 1.15. The molecule has 0 radical (unpaired) electrons. The van der Waals surface area contributed by atoms with E-state index in [1.807, 2.05) is 47.4 Å². The highest BCUT2D eigenvalue weighted by molar-refractivity contribution is 6.32. The van der Waals surface area contributed by atoms with Crippen LogP contribution in [0.1, 0.15) is 71.4 Å². The topological polar surface area (TPSA) is 93.8 Å². The van der Waals surface area contributed by atoms with E-state index in [1.165, 1.54) is 0 Å². The van der Waals surface area contributed by atoms with Crippen LogP contribution in [0.3, 0.4) is 0 Å². The third-order valence-corrected chi connectivity index (χ3v) is 11.7. The first-order chi connectivity index (χ1) is 26.4. The van der Waals surface area contributed by atoms with Crippen LogP contribution in [-0.2, 0) is 4.74 Å². The van der Waals surface area contributed by atoms with Crippen molar-refractivity contribution in [3.8, 4) is 0 Å². The molecule has 9 rings (SSSR count). The minimum atomic E-state index is -0.269. The van der Waals surface area contributed by atoms with Gasteiger partial charge in [-0.3, -0.25) is 4.79 Å². The summed E-state index contributed by atoms with van der Waals surface area (Å²) in [5.41, 5.74) is 8.04. The first-order valence-electron chi connectivity index (χ1n) is 18.7. The maximum atomic E-state index is 14.8. The van der Waals surface area contributed by atoms with E-state index in [1.54, 1.807) is 6.20 Å². The summed E-state index contributed by atoms with van der Waals surface area (Å²) < 4.78 is 5.32. The highest BCUT2D eigenvalue weighted by Crippen LogP contribution is 2.53. The van der Waals surface area contributed by atoms with Crippen LogP contribution in [-0.4, -0.2) is 64.1 Å². The minimum absolute atomic E-state index is 0.124. The Morgan fingerprint density at radius 1 is 0.963 bits per heavy atom. The number of benzene rings is 3. The lowest BCUT2D eigenvalue weighted by Gasteiger charge is -2.40. The van der Waals surface area contributed by atoms with Gasteiger partial charge < -0.3 is 29.7 Å². The van der Waals surface area contributed by atoms with E-state index in [-0.39, 0.29) is 30.0 Å². The molecule has 274 valence electrons. The number of H-pyrrole nitrogens is 1. The fourth-order valence-electron chi connectivity index (χ4n) is 8.77. The van der Waals surface area contributed by atoms with Crippen molar-refractivity contribution in [2.24, 2.45) is 5.92 Å². The second-order valence-electron chi connectivity index (χ2n) is 14.5. The number of halogens is 2.